The predicted molar refractivity (Wildman–Crippen MR) is 119 cm³/mol. The van der Waals surface area contributed by atoms with Gasteiger partial charge in [0.25, 0.3) is 5.91 Å². The highest BCUT2D eigenvalue weighted by Crippen LogP contribution is 2.35. The number of carbonyl (C=O) groups is 1. The molecule has 1 amide bonds. The van der Waals surface area contributed by atoms with Crippen molar-refractivity contribution in [2.45, 2.75) is 52.6 Å². The van der Waals surface area contributed by atoms with Crippen molar-refractivity contribution in [3.05, 3.63) is 70.8 Å². The first kappa shape index (κ1) is 21.1. The van der Waals surface area contributed by atoms with Crippen LogP contribution in [-0.4, -0.2) is 41.1 Å². The molecule has 1 saturated heterocycles. The Labute approximate surface area is 174 Å². The Balaban J connectivity index is 2.19. The van der Waals surface area contributed by atoms with Crippen LogP contribution in [0.3, 0.4) is 0 Å². The fourth-order valence-electron chi connectivity index (χ4n) is 4.28. The van der Waals surface area contributed by atoms with Gasteiger partial charge in [0.2, 0.25) is 0 Å². The monoisotopic (exact) mass is 392 g/mol. The van der Waals surface area contributed by atoms with Crippen molar-refractivity contribution in [2.75, 3.05) is 13.1 Å². The molecule has 0 radical (unpaired) electrons. The Hall–Kier alpha value is -2.59. The second-order valence-corrected chi connectivity index (χ2v) is 8.22. The zero-order chi connectivity index (χ0) is 21.0. The van der Waals surface area contributed by atoms with Gasteiger partial charge in [-0.2, -0.15) is 0 Å². The molecule has 0 bridgehead atoms. The van der Waals surface area contributed by atoms with E-state index in [-0.39, 0.29) is 23.7 Å². The molecule has 1 aliphatic heterocycles. The van der Waals surface area contributed by atoms with Gasteiger partial charge in [-0.1, -0.05) is 35.9 Å². The van der Waals surface area contributed by atoms with E-state index < -0.39 is 0 Å². The Morgan fingerprint density at radius 2 is 1.55 bits per heavy atom. The summed E-state index contributed by atoms with van der Waals surface area (Å²) >= 11 is 0. The van der Waals surface area contributed by atoms with Gasteiger partial charge < -0.3 is 15.3 Å². The second kappa shape index (κ2) is 9.27. The Kier molecular flexibility index (Phi) is 6.75. The van der Waals surface area contributed by atoms with E-state index in [1.807, 2.05) is 41.3 Å². The summed E-state index contributed by atoms with van der Waals surface area (Å²) in [4.78, 5) is 15.5. The van der Waals surface area contributed by atoms with Crippen LogP contribution in [0.4, 0.5) is 0 Å². The normalized spacial score (nSPS) is 14.3. The first-order valence-corrected chi connectivity index (χ1v) is 10.5. The minimum atomic E-state index is 0.0535. The fraction of sp³-hybridized carbons (Fsp3) is 0.400. The topological polar surface area (TPSA) is 52.6 Å². The van der Waals surface area contributed by atoms with E-state index in [9.17, 15) is 9.90 Å². The minimum Gasteiger partial charge on any atom is -0.508 e. The predicted octanol–water partition coefficient (Wildman–Crippen LogP) is 4.84. The molecule has 29 heavy (non-hydrogen) atoms. The average Bonchev–Trinajstić information content (AvgIpc) is 2.69. The smallest absolute Gasteiger partial charge is 0.254 e. The van der Waals surface area contributed by atoms with Gasteiger partial charge in [-0.25, -0.2) is 0 Å². The lowest BCUT2D eigenvalue weighted by molar-refractivity contribution is 0.0643. The third kappa shape index (κ3) is 4.70. The molecule has 1 fully saturated rings. The highest BCUT2D eigenvalue weighted by atomic mass is 16.3. The molecule has 0 aliphatic carbocycles. The van der Waals surface area contributed by atoms with Crippen LogP contribution in [0.25, 0.3) is 5.57 Å². The van der Waals surface area contributed by atoms with E-state index in [2.05, 4.69) is 33.0 Å². The molecule has 0 saturated carbocycles. The van der Waals surface area contributed by atoms with Crippen LogP contribution < -0.4 is 5.32 Å². The third-order valence-electron chi connectivity index (χ3n) is 5.47. The lowest BCUT2D eigenvalue weighted by atomic mass is 9.86. The first-order valence-electron chi connectivity index (χ1n) is 10.5. The molecule has 154 valence electrons. The summed E-state index contributed by atoms with van der Waals surface area (Å²) in [5.41, 5.74) is 5.04. The number of hydrogen-bond acceptors (Lipinski definition) is 3. The lowest BCUT2D eigenvalue weighted by Gasteiger charge is -2.32. The number of phenols is 1. The van der Waals surface area contributed by atoms with Crippen LogP contribution in [0, 0.1) is 0 Å². The van der Waals surface area contributed by atoms with Crippen molar-refractivity contribution in [3.8, 4) is 5.75 Å². The number of hydrogen-bond donors (Lipinski definition) is 2. The van der Waals surface area contributed by atoms with Crippen molar-refractivity contribution in [1.29, 1.82) is 0 Å². The third-order valence-corrected chi connectivity index (χ3v) is 5.47. The number of amides is 1. The maximum Gasteiger partial charge on any atom is 0.254 e. The number of carbonyl (C=O) groups excluding carboxylic acids is 1. The SMILES string of the molecule is CC(C)N(C(=O)c1ccccc1C(=C1CCNCC1)c1cccc(O)c1)C(C)C. The summed E-state index contributed by atoms with van der Waals surface area (Å²) in [6.07, 6.45) is 1.87. The van der Waals surface area contributed by atoms with E-state index in [1.54, 1.807) is 12.1 Å². The summed E-state index contributed by atoms with van der Waals surface area (Å²) in [5, 5.41) is 13.5. The molecule has 0 unspecified atom stereocenters. The molecule has 0 spiro atoms. The molecule has 2 N–H and O–H groups in total. The van der Waals surface area contributed by atoms with Gasteiger partial charge in [0.05, 0.1) is 0 Å². The van der Waals surface area contributed by atoms with Gasteiger partial charge in [-0.15, -0.1) is 0 Å². The number of piperidine rings is 1. The number of nitrogens with one attached hydrogen (secondary N) is 1. The zero-order valence-corrected chi connectivity index (χ0v) is 17.9. The van der Waals surface area contributed by atoms with Crippen LogP contribution in [-0.2, 0) is 0 Å². The molecular weight excluding hydrogens is 360 g/mol. The van der Waals surface area contributed by atoms with Gasteiger partial charge in [0.15, 0.2) is 0 Å². The van der Waals surface area contributed by atoms with Crippen molar-refractivity contribution >= 4 is 11.5 Å². The second-order valence-electron chi connectivity index (χ2n) is 8.22. The number of phenolic OH excluding ortho intramolecular Hbond substituents is 1. The summed E-state index contributed by atoms with van der Waals surface area (Å²) < 4.78 is 0. The first-order chi connectivity index (χ1) is 13.9. The van der Waals surface area contributed by atoms with Crippen LogP contribution in [0.2, 0.25) is 0 Å². The molecule has 1 aliphatic rings. The van der Waals surface area contributed by atoms with Crippen LogP contribution in [0.5, 0.6) is 5.75 Å². The van der Waals surface area contributed by atoms with Gasteiger partial charge in [-0.3, -0.25) is 4.79 Å². The Morgan fingerprint density at radius 3 is 2.14 bits per heavy atom. The number of aromatic hydroxyl groups is 1. The summed E-state index contributed by atoms with van der Waals surface area (Å²) in [6, 6.07) is 15.5. The van der Waals surface area contributed by atoms with E-state index >= 15 is 0 Å². The van der Waals surface area contributed by atoms with Crippen molar-refractivity contribution < 1.29 is 9.90 Å². The largest absolute Gasteiger partial charge is 0.508 e. The zero-order valence-electron chi connectivity index (χ0n) is 17.9. The van der Waals surface area contributed by atoms with Crippen LogP contribution in [0.1, 0.15) is 62.0 Å². The molecule has 4 heteroatoms. The van der Waals surface area contributed by atoms with Crippen molar-refractivity contribution in [1.82, 2.24) is 10.2 Å². The fourth-order valence-corrected chi connectivity index (χ4v) is 4.28. The molecule has 2 aromatic rings. The van der Waals surface area contributed by atoms with Crippen molar-refractivity contribution in [2.24, 2.45) is 0 Å². The summed E-state index contributed by atoms with van der Waals surface area (Å²) in [6.45, 7) is 10.1. The molecule has 0 aromatic heterocycles. The average molecular weight is 393 g/mol. The molecule has 1 heterocycles. The highest BCUT2D eigenvalue weighted by molar-refractivity contribution is 6.02. The van der Waals surface area contributed by atoms with Gasteiger partial charge in [0.1, 0.15) is 5.75 Å². The van der Waals surface area contributed by atoms with E-state index in [0.29, 0.717) is 0 Å². The van der Waals surface area contributed by atoms with Gasteiger partial charge >= 0.3 is 0 Å². The minimum absolute atomic E-state index is 0.0535. The molecular formula is C25H32N2O2. The van der Waals surface area contributed by atoms with Crippen molar-refractivity contribution in [3.63, 3.8) is 0 Å². The van der Waals surface area contributed by atoms with E-state index in [0.717, 1.165) is 48.2 Å². The molecule has 0 atom stereocenters. The standard InChI is InChI=1S/C25H32N2O2/c1-17(2)27(18(3)4)25(29)23-11-6-5-10-22(23)24(19-12-14-26-15-13-19)20-8-7-9-21(28)16-20/h5-11,16-18,26,28H,12-15H2,1-4H3. The molecule has 4 nitrogen and oxygen atoms in total. The Bertz CT molecular complexity index is 883. The summed E-state index contributed by atoms with van der Waals surface area (Å²) in [5.74, 6) is 0.294. The number of benzene rings is 2. The van der Waals surface area contributed by atoms with E-state index in [1.165, 1.54) is 5.57 Å². The maximum absolute atomic E-state index is 13.6. The summed E-state index contributed by atoms with van der Waals surface area (Å²) in [7, 11) is 0. The number of nitrogens with zero attached hydrogens (tertiary/aromatic N) is 1. The van der Waals surface area contributed by atoms with Crippen LogP contribution >= 0.6 is 0 Å². The molecule has 3 rings (SSSR count). The van der Waals surface area contributed by atoms with Gasteiger partial charge in [0, 0.05) is 17.6 Å². The van der Waals surface area contributed by atoms with Gasteiger partial charge in [-0.05, 0) is 88.5 Å². The number of rotatable bonds is 5. The molecule has 2 aromatic carbocycles. The van der Waals surface area contributed by atoms with E-state index in [4.69, 9.17) is 0 Å². The maximum atomic E-state index is 13.6. The quantitative estimate of drug-likeness (QED) is 0.766. The highest BCUT2D eigenvalue weighted by Gasteiger charge is 2.26. The Morgan fingerprint density at radius 1 is 0.931 bits per heavy atom. The lowest BCUT2D eigenvalue weighted by Crippen LogP contribution is -2.42. The van der Waals surface area contributed by atoms with Crippen LogP contribution in [0.15, 0.2) is 54.1 Å².